The van der Waals surface area contributed by atoms with E-state index in [-0.39, 0.29) is 29.1 Å². The van der Waals surface area contributed by atoms with E-state index in [0.29, 0.717) is 20.7 Å². The topological polar surface area (TPSA) is 75.7 Å². The number of nitrogens with one attached hydrogen (secondary N) is 1. The van der Waals surface area contributed by atoms with Crippen LogP contribution in [0.5, 0.6) is 5.75 Å². The van der Waals surface area contributed by atoms with Crippen LogP contribution in [0.15, 0.2) is 41.3 Å². The van der Waals surface area contributed by atoms with Crippen molar-refractivity contribution in [3.05, 3.63) is 51.5 Å². The summed E-state index contributed by atoms with van der Waals surface area (Å²) in [6.45, 7) is 3.38. The molecule has 0 aliphatic carbocycles. The van der Waals surface area contributed by atoms with Crippen LogP contribution in [0.3, 0.4) is 0 Å². The quantitative estimate of drug-likeness (QED) is 0.484. The normalized spacial score (nSPS) is 22.5. The predicted octanol–water partition coefficient (Wildman–Crippen LogP) is 5.52. The number of rotatable bonds is 6. The lowest BCUT2D eigenvalue weighted by atomic mass is 9.95. The molecule has 2 aromatic carbocycles. The lowest BCUT2D eigenvalue weighted by Gasteiger charge is -2.41. The number of sulfone groups is 1. The molecule has 4 rings (SSSR count). The summed E-state index contributed by atoms with van der Waals surface area (Å²) in [6.07, 6.45) is 4.88. The highest BCUT2D eigenvalue weighted by Gasteiger charge is 2.42. The zero-order valence-electron chi connectivity index (χ0n) is 19.1. The number of ether oxygens (including phenoxy) is 1. The van der Waals surface area contributed by atoms with Gasteiger partial charge in [-0.1, -0.05) is 34.8 Å². The van der Waals surface area contributed by atoms with Gasteiger partial charge in [-0.05, 0) is 69.9 Å². The maximum Gasteiger partial charge on any atom is 0.263 e. The van der Waals surface area contributed by atoms with E-state index in [1.807, 2.05) is 12.1 Å². The molecule has 2 saturated heterocycles. The molecular formula is C24H27Cl3N2O4S. The Morgan fingerprint density at radius 1 is 1.00 bits per heavy atom. The second-order valence-electron chi connectivity index (χ2n) is 9.51. The van der Waals surface area contributed by atoms with Gasteiger partial charge < -0.3 is 15.0 Å². The molecule has 2 unspecified atom stereocenters. The molecule has 0 radical (unpaired) electrons. The third-order valence-corrected chi connectivity index (χ3v) is 8.66. The van der Waals surface area contributed by atoms with Crippen molar-refractivity contribution in [1.82, 2.24) is 5.32 Å². The summed E-state index contributed by atoms with van der Waals surface area (Å²) < 4.78 is 29.5. The Morgan fingerprint density at radius 2 is 1.56 bits per heavy atom. The van der Waals surface area contributed by atoms with Crippen molar-refractivity contribution < 1.29 is 17.9 Å². The molecule has 2 aromatic rings. The molecule has 2 fully saturated rings. The fraction of sp³-hybridized carbons (Fsp3) is 0.458. The van der Waals surface area contributed by atoms with Crippen LogP contribution in [-0.4, -0.2) is 44.3 Å². The zero-order valence-corrected chi connectivity index (χ0v) is 22.2. The monoisotopic (exact) mass is 544 g/mol. The Labute approximate surface area is 215 Å². The first-order valence-corrected chi connectivity index (χ1v) is 14.1. The molecule has 2 bridgehead atoms. The lowest BCUT2D eigenvalue weighted by molar-refractivity contribution is -0.135. The van der Waals surface area contributed by atoms with Crippen molar-refractivity contribution in [2.45, 2.75) is 68.2 Å². The summed E-state index contributed by atoms with van der Waals surface area (Å²) in [5.41, 5.74) is -0.152. The number of fused-ring (bicyclic) bond motifs is 2. The highest BCUT2D eigenvalue weighted by molar-refractivity contribution is 7.90. The lowest BCUT2D eigenvalue weighted by Crippen LogP contribution is -2.55. The van der Waals surface area contributed by atoms with E-state index in [1.54, 1.807) is 26.0 Å². The summed E-state index contributed by atoms with van der Waals surface area (Å²) in [7, 11) is -3.23. The van der Waals surface area contributed by atoms with Crippen LogP contribution in [0, 0.1) is 0 Å². The third-order valence-electron chi connectivity index (χ3n) is 6.52. The number of nitrogens with zero attached hydrogens (tertiary/aromatic N) is 1. The molecule has 0 spiro atoms. The number of hydrogen-bond donors (Lipinski definition) is 1. The van der Waals surface area contributed by atoms with E-state index >= 15 is 0 Å². The Hall–Kier alpha value is -1.67. The van der Waals surface area contributed by atoms with Crippen molar-refractivity contribution in [3.8, 4) is 5.75 Å². The molecule has 1 amide bonds. The number of amides is 1. The van der Waals surface area contributed by atoms with Gasteiger partial charge in [-0.2, -0.15) is 0 Å². The maximum absolute atomic E-state index is 13.1. The van der Waals surface area contributed by atoms with Crippen molar-refractivity contribution >= 4 is 56.2 Å². The summed E-state index contributed by atoms with van der Waals surface area (Å²) in [5, 5.41) is 4.05. The Morgan fingerprint density at radius 3 is 2.12 bits per heavy atom. The number of carbonyl (C=O) groups excluding carboxylic acids is 1. The van der Waals surface area contributed by atoms with Crippen LogP contribution in [0.4, 0.5) is 5.69 Å². The highest BCUT2D eigenvalue weighted by Crippen LogP contribution is 2.40. The molecular weight excluding hydrogens is 519 g/mol. The van der Waals surface area contributed by atoms with Gasteiger partial charge in [-0.15, -0.1) is 0 Å². The number of hydrogen-bond acceptors (Lipinski definition) is 5. The molecule has 2 aliphatic rings. The van der Waals surface area contributed by atoms with E-state index in [1.165, 1.54) is 18.4 Å². The van der Waals surface area contributed by atoms with Gasteiger partial charge in [0.15, 0.2) is 15.4 Å². The number of piperidine rings is 1. The van der Waals surface area contributed by atoms with E-state index < -0.39 is 15.4 Å². The molecule has 10 heteroatoms. The molecule has 2 aliphatic heterocycles. The standard InChI is InChI=1S/C24H27Cl3N2O4S/c1-24(2,33-22-13-20(26)19(25)12-21(22)27)23(30)28-14-10-16-4-5-17(11-14)29(16)15-6-8-18(9-7-15)34(3,31)32/h6-9,12-14,16-17H,4-5,10-11H2,1-3H3,(H,28,30). The highest BCUT2D eigenvalue weighted by atomic mass is 35.5. The maximum atomic E-state index is 13.1. The van der Waals surface area contributed by atoms with Crippen LogP contribution < -0.4 is 15.0 Å². The molecule has 6 nitrogen and oxygen atoms in total. The fourth-order valence-corrected chi connectivity index (χ4v) is 6.05. The second kappa shape index (κ2) is 9.41. The van der Waals surface area contributed by atoms with E-state index in [2.05, 4.69) is 10.2 Å². The Balaban J connectivity index is 1.42. The molecule has 0 aromatic heterocycles. The predicted molar refractivity (Wildman–Crippen MR) is 136 cm³/mol. The van der Waals surface area contributed by atoms with E-state index in [9.17, 15) is 13.2 Å². The first kappa shape index (κ1) is 25.4. The van der Waals surface area contributed by atoms with Crippen molar-refractivity contribution in [1.29, 1.82) is 0 Å². The molecule has 1 N–H and O–H groups in total. The van der Waals surface area contributed by atoms with Crippen LogP contribution in [0.2, 0.25) is 15.1 Å². The van der Waals surface area contributed by atoms with Gasteiger partial charge >= 0.3 is 0 Å². The average molecular weight is 546 g/mol. The van der Waals surface area contributed by atoms with Gasteiger partial charge in [0.05, 0.1) is 20.0 Å². The Bertz CT molecular complexity index is 1190. The molecule has 2 heterocycles. The summed E-state index contributed by atoms with van der Waals surface area (Å²) in [6, 6.07) is 10.6. The summed E-state index contributed by atoms with van der Waals surface area (Å²) in [4.78, 5) is 15.8. The van der Waals surface area contributed by atoms with Gasteiger partial charge in [0.2, 0.25) is 0 Å². The number of halogens is 3. The van der Waals surface area contributed by atoms with Gasteiger partial charge in [0.25, 0.3) is 5.91 Å². The molecule has 0 saturated carbocycles. The first-order chi connectivity index (χ1) is 15.8. The Kier molecular flexibility index (Phi) is 7.04. The van der Waals surface area contributed by atoms with Crippen molar-refractivity contribution in [3.63, 3.8) is 0 Å². The van der Waals surface area contributed by atoms with Gasteiger partial charge in [-0.25, -0.2) is 8.42 Å². The smallest absolute Gasteiger partial charge is 0.263 e. The fourth-order valence-electron chi connectivity index (χ4n) is 4.84. The van der Waals surface area contributed by atoms with E-state index in [0.717, 1.165) is 31.4 Å². The first-order valence-electron chi connectivity index (χ1n) is 11.1. The largest absolute Gasteiger partial charge is 0.476 e. The molecule has 34 heavy (non-hydrogen) atoms. The number of anilines is 1. The SMILES string of the molecule is CC(C)(Oc1cc(Cl)c(Cl)cc1Cl)C(=O)NC1CC2CCC(C1)N2c1ccc(S(C)(=O)=O)cc1. The summed E-state index contributed by atoms with van der Waals surface area (Å²) >= 11 is 18.3. The van der Waals surface area contributed by atoms with Gasteiger partial charge in [0, 0.05) is 36.1 Å². The molecule has 2 atom stereocenters. The number of benzene rings is 2. The summed E-state index contributed by atoms with van der Waals surface area (Å²) in [5.74, 6) is 0.0636. The number of carbonyl (C=O) groups is 1. The van der Waals surface area contributed by atoms with Crippen LogP contribution >= 0.6 is 34.8 Å². The van der Waals surface area contributed by atoms with Crippen LogP contribution in [0.25, 0.3) is 0 Å². The van der Waals surface area contributed by atoms with Crippen LogP contribution in [0.1, 0.15) is 39.5 Å². The zero-order chi connectivity index (χ0) is 24.8. The second-order valence-corrected chi connectivity index (χ2v) is 12.7. The third kappa shape index (κ3) is 5.27. The van der Waals surface area contributed by atoms with Gasteiger partial charge in [-0.3, -0.25) is 4.79 Å². The minimum atomic E-state index is -3.23. The molecule has 184 valence electrons. The van der Waals surface area contributed by atoms with Crippen LogP contribution in [-0.2, 0) is 14.6 Å². The van der Waals surface area contributed by atoms with Crippen molar-refractivity contribution in [2.24, 2.45) is 0 Å². The average Bonchev–Trinajstić information content (AvgIpc) is 3.01. The van der Waals surface area contributed by atoms with Crippen molar-refractivity contribution in [2.75, 3.05) is 11.2 Å². The van der Waals surface area contributed by atoms with Gasteiger partial charge in [0.1, 0.15) is 5.75 Å². The minimum Gasteiger partial charge on any atom is -0.476 e. The van der Waals surface area contributed by atoms with E-state index in [4.69, 9.17) is 39.5 Å². The minimum absolute atomic E-state index is 0.0173.